The molecule has 68 valence electrons. The van der Waals surface area contributed by atoms with E-state index in [1.165, 1.54) is 11.3 Å². The largest absolute Gasteiger partial charge is 0.381 e. The van der Waals surface area contributed by atoms with Crippen LogP contribution in [0, 0.1) is 6.92 Å². The van der Waals surface area contributed by atoms with E-state index in [0.717, 1.165) is 10.4 Å². The highest BCUT2D eigenvalue weighted by atomic mass is 35.5. The molecule has 0 unspecified atom stereocenters. The van der Waals surface area contributed by atoms with Crippen LogP contribution in [0.5, 0.6) is 0 Å². The Morgan fingerprint density at radius 1 is 1.62 bits per heavy atom. The normalized spacial score (nSPS) is 10.6. The quantitative estimate of drug-likeness (QED) is 0.794. The topological polar surface area (TPSA) is 52.0 Å². The van der Waals surface area contributed by atoms with E-state index in [0.29, 0.717) is 16.6 Å². The van der Waals surface area contributed by atoms with E-state index in [1.807, 2.05) is 12.3 Å². The Bertz CT molecular complexity index is 435. The number of nitrogens with zero attached hydrogens (tertiary/aromatic N) is 1. The molecule has 0 saturated carbocycles. The van der Waals surface area contributed by atoms with Gasteiger partial charge in [-0.25, -0.2) is 0 Å². The molecule has 0 aliphatic rings. The maximum atomic E-state index is 6.03. The Morgan fingerprint density at radius 3 is 2.85 bits per heavy atom. The fraction of sp³-hybridized carbons (Fsp3) is 0.125. The zero-order valence-electron chi connectivity index (χ0n) is 6.87. The summed E-state index contributed by atoms with van der Waals surface area (Å²) in [5, 5.41) is 6.27. The number of nitrogen functional groups attached to an aromatic ring is 1. The van der Waals surface area contributed by atoms with Crippen molar-refractivity contribution in [3.63, 3.8) is 0 Å². The van der Waals surface area contributed by atoms with Crippen LogP contribution in [0.3, 0.4) is 0 Å². The number of aryl methyl sites for hydroxylation is 1. The van der Waals surface area contributed by atoms with E-state index in [-0.39, 0.29) is 0 Å². The van der Waals surface area contributed by atoms with Crippen LogP contribution in [-0.4, -0.2) is 5.16 Å². The number of anilines is 1. The first kappa shape index (κ1) is 8.59. The van der Waals surface area contributed by atoms with Gasteiger partial charge in [0.05, 0.1) is 9.90 Å². The summed E-state index contributed by atoms with van der Waals surface area (Å²) in [7, 11) is 0. The minimum absolute atomic E-state index is 0.372. The van der Waals surface area contributed by atoms with Gasteiger partial charge in [-0.1, -0.05) is 16.8 Å². The molecule has 0 aliphatic heterocycles. The molecule has 3 nitrogen and oxygen atoms in total. The molecule has 0 spiro atoms. The van der Waals surface area contributed by atoms with Crippen LogP contribution >= 0.6 is 22.9 Å². The van der Waals surface area contributed by atoms with Crippen molar-refractivity contribution in [2.45, 2.75) is 6.92 Å². The van der Waals surface area contributed by atoms with Crippen molar-refractivity contribution in [1.29, 1.82) is 0 Å². The summed E-state index contributed by atoms with van der Waals surface area (Å²) in [4.78, 5) is 0.878. The van der Waals surface area contributed by atoms with Crippen LogP contribution in [0.25, 0.3) is 10.6 Å². The van der Waals surface area contributed by atoms with E-state index in [4.69, 9.17) is 21.9 Å². The van der Waals surface area contributed by atoms with Crippen LogP contribution < -0.4 is 5.73 Å². The lowest BCUT2D eigenvalue weighted by molar-refractivity contribution is 0.436. The minimum atomic E-state index is 0.372. The standard InChI is InChI=1S/C8H7ClN2OS/c1-4-3-13-8(7(4)9)5-2-6(10)11-12-5/h2-3H,1H3,(H2,10,11). The zero-order chi connectivity index (χ0) is 9.42. The third-order valence-electron chi connectivity index (χ3n) is 1.65. The third kappa shape index (κ3) is 1.43. The molecule has 2 aromatic heterocycles. The van der Waals surface area contributed by atoms with Crippen LogP contribution in [-0.2, 0) is 0 Å². The van der Waals surface area contributed by atoms with Crippen LogP contribution in [0.4, 0.5) is 5.82 Å². The molecule has 0 aliphatic carbocycles. The Hall–Kier alpha value is -1.00. The molecular weight excluding hydrogens is 208 g/mol. The molecule has 0 radical (unpaired) electrons. The molecule has 0 saturated heterocycles. The predicted molar refractivity (Wildman–Crippen MR) is 54.0 cm³/mol. The first-order chi connectivity index (χ1) is 6.18. The minimum Gasteiger partial charge on any atom is -0.381 e. The van der Waals surface area contributed by atoms with E-state index >= 15 is 0 Å². The highest BCUT2D eigenvalue weighted by Crippen LogP contribution is 2.36. The molecule has 2 rings (SSSR count). The summed E-state index contributed by atoms with van der Waals surface area (Å²) in [6, 6.07) is 1.66. The fourth-order valence-electron chi connectivity index (χ4n) is 0.992. The van der Waals surface area contributed by atoms with Crippen molar-refractivity contribution in [2.75, 3.05) is 5.73 Å². The average molecular weight is 215 g/mol. The van der Waals surface area contributed by atoms with E-state index in [9.17, 15) is 0 Å². The fourth-order valence-corrected chi connectivity index (χ4v) is 2.23. The van der Waals surface area contributed by atoms with Gasteiger partial charge in [0.2, 0.25) is 0 Å². The van der Waals surface area contributed by atoms with Gasteiger partial charge in [-0.3, -0.25) is 0 Å². The number of nitrogens with two attached hydrogens (primary N) is 1. The van der Waals surface area contributed by atoms with Crippen molar-refractivity contribution >= 4 is 28.8 Å². The van der Waals surface area contributed by atoms with Gasteiger partial charge in [0, 0.05) is 6.07 Å². The first-order valence-corrected chi connectivity index (χ1v) is 4.90. The second-order valence-electron chi connectivity index (χ2n) is 2.68. The predicted octanol–water partition coefficient (Wildman–Crippen LogP) is 2.95. The Balaban J connectivity index is 2.52. The lowest BCUT2D eigenvalue weighted by atomic mass is 10.3. The number of hydrogen-bond acceptors (Lipinski definition) is 4. The number of hydrogen-bond donors (Lipinski definition) is 1. The zero-order valence-corrected chi connectivity index (χ0v) is 8.45. The monoisotopic (exact) mass is 214 g/mol. The number of halogens is 1. The summed E-state index contributed by atoms with van der Waals surface area (Å²) in [5.74, 6) is 0.998. The molecule has 2 N–H and O–H groups in total. The number of thiophene rings is 1. The second kappa shape index (κ2) is 3.05. The summed E-state index contributed by atoms with van der Waals surface area (Å²) in [6.07, 6.45) is 0. The highest BCUT2D eigenvalue weighted by Gasteiger charge is 2.12. The Kier molecular flexibility index (Phi) is 2.01. The first-order valence-electron chi connectivity index (χ1n) is 3.64. The molecule has 0 amide bonds. The molecule has 13 heavy (non-hydrogen) atoms. The number of aromatic nitrogens is 1. The summed E-state index contributed by atoms with van der Waals surface area (Å²) >= 11 is 7.56. The van der Waals surface area contributed by atoms with Crippen molar-refractivity contribution in [3.05, 3.63) is 22.0 Å². The van der Waals surface area contributed by atoms with Gasteiger partial charge in [0.15, 0.2) is 11.6 Å². The molecule has 5 heteroatoms. The Labute approximate surface area is 84.1 Å². The number of rotatable bonds is 1. The lowest BCUT2D eigenvalue weighted by Gasteiger charge is -1.89. The lowest BCUT2D eigenvalue weighted by Crippen LogP contribution is -1.79. The third-order valence-corrected chi connectivity index (χ3v) is 3.36. The Morgan fingerprint density at radius 2 is 2.38 bits per heavy atom. The van der Waals surface area contributed by atoms with Gasteiger partial charge in [-0.2, -0.15) is 0 Å². The van der Waals surface area contributed by atoms with Gasteiger partial charge < -0.3 is 10.3 Å². The van der Waals surface area contributed by atoms with Gasteiger partial charge in [-0.15, -0.1) is 11.3 Å². The van der Waals surface area contributed by atoms with Gasteiger partial charge in [0.1, 0.15) is 0 Å². The SMILES string of the molecule is Cc1csc(-c2cc(N)no2)c1Cl. The summed E-state index contributed by atoms with van der Waals surface area (Å²) in [5.41, 5.74) is 6.47. The smallest absolute Gasteiger partial charge is 0.180 e. The second-order valence-corrected chi connectivity index (χ2v) is 3.94. The van der Waals surface area contributed by atoms with Crippen molar-refractivity contribution in [2.24, 2.45) is 0 Å². The van der Waals surface area contributed by atoms with Crippen LogP contribution in [0.2, 0.25) is 5.02 Å². The van der Waals surface area contributed by atoms with E-state index < -0.39 is 0 Å². The van der Waals surface area contributed by atoms with Gasteiger partial charge >= 0.3 is 0 Å². The molecule has 0 fully saturated rings. The molecular formula is C8H7ClN2OS. The van der Waals surface area contributed by atoms with E-state index in [1.54, 1.807) is 6.07 Å². The molecule has 0 bridgehead atoms. The molecule has 2 heterocycles. The van der Waals surface area contributed by atoms with Crippen LogP contribution in [0.15, 0.2) is 16.0 Å². The van der Waals surface area contributed by atoms with Crippen molar-refractivity contribution in [1.82, 2.24) is 5.16 Å². The highest BCUT2D eigenvalue weighted by molar-refractivity contribution is 7.14. The summed E-state index contributed by atoms with van der Waals surface area (Å²) in [6.45, 7) is 1.95. The average Bonchev–Trinajstić information content (AvgIpc) is 2.62. The van der Waals surface area contributed by atoms with Crippen molar-refractivity contribution < 1.29 is 4.52 Å². The molecule has 0 aromatic carbocycles. The van der Waals surface area contributed by atoms with Gasteiger partial charge in [0.25, 0.3) is 0 Å². The maximum absolute atomic E-state index is 6.03. The molecule has 0 atom stereocenters. The van der Waals surface area contributed by atoms with Crippen LogP contribution in [0.1, 0.15) is 5.56 Å². The molecule has 2 aromatic rings. The van der Waals surface area contributed by atoms with Gasteiger partial charge in [-0.05, 0) is 17.9 Å². The van der Waals surface area contributed by atoms with Crippen molar-refractivity contribution in [3.8, 4) is 10.6 Å². The van der Waals surface area contributed by atoms with E-state index in [2.05, 4.69) is 5.16 Å². The maximum Gasteiger partial charge on any atom is 0.180 e. The summed E-state index contributed by atoms with van der Waals surface area (Å²) < 4.78 is 5.00.